The van der Waals surface area contributed by atoms with Gasteiger partial charge in [-0.1, -0.05) is 36.0 Å². The first-order valence-electron chi connectivity index (χ1n) is 10.1. The molecule has 2 nitrogen and oxygen atoms in total. The Hall–Kier alpha value is -1.30. The molecular formula is C24H27ClN2S2. The smallest absolute Gasteiger partial charge is 0.0401 e. The molecule has 152 valence electrons. The molecule has 3 aromatic rings. The van der Waals surface area contributed by atoms with E-state index in [1.54, 1.807) is 0 Å². The molecule has 0 radical (unpaired) electrons. The molecule has 0 spiro atoms. The quantitative estimate of drug-likeness (QED) is 0.470. The van der Waals surface area contributed by atoms with Gasteiger partial charge in [0.25, 0.3) is 0 Å². The Morgan fingerprint density at radius 2 is 1.69 bits per heavy atom. The molecule has 2 aliphatic rings. The number of hydrogen-bond donors (Lipinski definition) is 0. The molecule has 0 N–H and O–H groups in total. The predicted molar refractivity (Wildman–Crippen MR) is 128 cm³/mol. The molecule has 1 fully saturated rings. The number of aryl methyl sites for hydroxylation is 1. The van der Waals surface area contributed by atoms with Crippen molar-refractivity contribution in [1.29, 1.82) is 0 Å². The van der Waals surface area contributed by atoms with Crippen molar-refractivity contribution in [2.75, 3.05) is 33.2 Å². The molecule has 5 heteroatoms. The fourth-order valence-electron chi connectivity index (χ4n) is 4.31. The molecule has 1 saturated heterocycles. The second-order valence-electron chi connectivity index (χ2n) is 7.93. The van der Waals surface area contributed by atoms with Crippen LogP contribution >= 0.6 is 35.5 Å². The molecule has 0 saturated carbocycles. The van der Waals surface area contributed by atoms with Crippen LogP contribution in [0.2, 0.25) is 0 Å². The van der Waals surface area contributed by atoms with Gasteiger partial charge in [-0.15, -0.1) is 23.7 Å². The molecular weight excluding hydrogens is 416 g/mol. The van der Waals surface area contributed by atoms with Crippen molar-refractivity contribution in [1.82, 2.24) is 9.80 Å². The Bertz CT molecular complexity index is 992. The first-order chi connectivity index (χ1) is 13.7. The van der Waals surface area contributed by atoms with Gasteiger partial charge < -0.3 is 4.90 Å². The van der Waals surface area contributed by atoms with Crippen molar-refractivity contribution in [3.63, 3.8) is 0 Å². The summed E-state index contributed by atoms with van der Waals surface area (Å²) in [4.78, 5) is 10.8. The first kappa shape index (κ1) is 21.0. The van der Waals surface area contributed by atoms with E-state index in [9.17, 15) is 0 Å². The summed E-state index contributed by atoms with van der Waals surface area (Å²) >= 11 is 3.84. The molecule has 2 aliphatic heterocycles. The van der Waals surface area contributed by atoms with Crippen LogP contribution in [0.4, 0.5) is 0 Å². The zero-order valence-electron chi connectivity index (χ0n) is 16.9. The van der Waals surface area contributed by atoms with E-state index in [0.29, 0.717) is 6.04 Å². The molecule has 0 aliphatic carbocycles. The van der Waals surface area contributed by atoms with Crippen molar-refractivity contribution in [3.8, 4) is 10.4 Å². The normalized spacial score (nSPS) is 19.7. The summed E-state index contributed by atoms with van der Waals surface area (Å²) in [5.41, 5.74) is 4.36. The third kappa shape index (κ3) is 4.28. The molecule has 5 rings (SSSR count). The second kappa shape index (κ2) is 8.83. The zero-order chi connectivity index (χ0) is 19.1. The Morgan fingerprint density at radius 3 is 2.45 bits per heavy atom. The summed E-state index contributed by atoms with van der Waals surface area (Å²) < 4.78 is 0. The Kier molecular flexibility index (Phi) is 6.38. The number of piperazine rings is 1. The standard InChI is InChI=1S/C24H26N2S2.ClH/c1-17-7-9-23(27-17)19-8-10-24-20(15-19)21(26-13-11-25(2)12-14-26)16-18-5-3-4-6-22(18)28-24;/h3-10,15,21H,11-14,16H2,1-2H3;1H. The highest BCUT2D eigenvalue weighted by Gasteiger charge is 2.29. The van der Waals surface area contributed by atoms with Gasteiger partial charge in [-0.25, -0.2) is 0 Å². The van der Waals surface area contributed by atoms with Gasteiger partial charge in [0.15, 0.2) is 0 Å². The number of halogens is 1. The summed E-state index contributed by atoms with van der Waals surface area (Å²) in [5.74, 6) is 0. The molecule has 2 aromatic carbocycles. The lowest BCUT2D eigenvalue weighted by Crippen LogP contribution is -2.46. The lowest BCUT2D eigenvalue weighted by Gasteiger charge is -2.38. The number of thiophene rings is 1. The summed E-state index contributed by atoms with van der Waals surface area (Å²) in [6.07, 6.45) is 1.10. The highest BCUT2D eigenvalue weighted by atomic mass is 35.5. The van der Waals surface area contributed by atoms with Crippen LogP contribution in [-0.4, -0.2) is 43.0 Å². The van der Waals surface area contributed by atoms with Gasteiger partial charge in [-0.2, -0.15) is 0 Å². The Balaban J connectivity index is 0.00000205. The van der Waals surface area contributed by atoms with E-state index < -0.39 is 0 Å². The lowest BCUT2D eigenvalue weighted by atomic mass is 9.95. The van der Waals surface area contributed by atoms with Gasteiger partial charge in [-0.05, 0) is 67.4 Å². The number of benzene rings is 2. The summed E-state index contributed by atoms with van der Waals surface area (Å²) in [6, 6.07) is 21.1. The third-order valence-corrected chi connectivity index (χ3v) is 8.24. The number of hydrogen-bond acceptors (Lipinski definition) is 4. The zero-order valence-corrected chi connectivity index (χ0v) is 19.4. The molecule has 3 heterocycles. The van der Waals surface area contributed by atoms with Crippen LogP contribution in [0.1, 0.15) is 22.0 Å². The van der Waals surface area contributed by atoms with Crippen molar-refractivity contribution in [2.45, 2.75) is 29.2 Å². The van der Waals surface area contributed by atoms with E-state index in [1.165, 1.54) is 36.2 Å². The van der Waals surface area contributed by atoms with Gasteiger partial charge in [-0.3, -0.25) is 4.90 Å². The fourth-order valence-corrected chi connectivity index (χ4v) is 6.29. The van der Waals surface area contributed by atoms with Crippen LogP contribution in [0, 0.1) is 6.92 Å². The van der Waals surface area contributed by atoms with Gasteiger partial charge in [0.05, 0.1) is 0 Å². The first-order valence-corrected chi connectivity index (χ1v) is 11.7. The van der Waals surface area contributed by atoms with Crippen LogP contribution in [0.3, 0.4) is 0 Å². The molecule has 1 unspecified atom stereocenters. The monoisotopic (exact) mass is 442 g/mol. The topological polar surface area (TPSA) is 6.48 Å². The summed E-state index contributed by atoms with van der Waals surface area (Å²) in [5, 5.41) is 0. The van der Waals surface area contributed by atoms with E-state index in [1.807, 2.05) is 23.1 Å². The lowest BCUT2D eigenvalue weighted by molar-refractivity contribution is 0.110. The summed E-state index contributed by atoms with van der Waals surface area (Å²) in [7, 11) is 2.24. The minimum absolute atomic E-state index is 0. The Morgan fingerprint density at radius 1 is 0.897 bits per heavy atom. The van der Waals surface area contributed by atoms with Gasteiger partial charge >= 0.3 is 0 Å². The van der Waals surface area contributed by atoms with Crippen LogP contribution < -0.4 is 0 Å². The maximum absolute atomic E-state index is 2.71. The molecule has 1 aromatic heterocycles. The van der Waals surface area contributed by atoms with Crippen LogP contribution in [0.25, 0.3) is 10.4 Å². The Labute approximate surface area is 188 Å². The van der Waals surface area contributed by atoms with Crippen molar-refractivity contribution in [3.05, 3.63) is 70.6 Å². The van der Waals surface area contributed by atoms with Crippen molar-refractivity contribution < 1.29 is 0 Å². The van der Waals surface area contributed by atoms with Gasteiger partial charge in [0, 0.05) is 51.8 Å². The number of likely N-dealkylation sites (N-methyl/N-ethyl adjacent to an activating group) is 1. The van der Waals surface area contributed by atoms with Gasteiger partial charge in [0.1, 0.15) is 0 Å². The number of nitrogens with zero attached hydrogens (tertiary/aromatic N) is 2. The highest BCUT2D eigenvalue weighted by Crippen LogP contribution is 2.44. The van der Waals surface area contributed by atoms with Crippen LogP contribution in [0.5, 0.6) is 0 Å². The second-order valence-corrected chi connectivity index (χ2v) is 10.3. The average Bonchev–Trinajstić information content (AvgIpc) is 3.07. The fraction of sp³-hybridized carbons (Fsp3) is 0.333. The maximum Gasteiger partial charge on any atom is 0.0401 e. The van der Waals surface area contributed by atoms with E-state index in [4.69, 9.17) is 0 Å². The van der Waals surface area contributed by atoms with Gasteiger partial charge in [0.2, 0.25) is 0 Å². The highest BCUT2D eigenvalue weighted by molar-refractivity contribution is 7.99. The van der Waals surface area contributed by atoms with E-state index in [0.717, 1.165) is 32.6 Å². The molecule has 29 heavy (non-hydrogen) atoms. The van der Waals surface area contributed by atoms with Crippen molar-refractivity contribution >= 4 is 35.5 Å². The predicted octanol–water partition coefficient (Wildman–Crippen LogP) is 6.14. The van der Waals surface area contributed by atoms with E-state index in [-0.39, 0.29) is 12.4 Å². The van der Waals surface area contributed by atoms with E-state index in [2.05, 4.69) is 78.4 Å². The minimum Gasteiger partial charge on any atom is -0.304 e. The SMILES string of the molecule is Cc1ccc(-c2ccc3c(c2)C(N2CCN(C)CC2)Cc2ccccc2S3)s1.Cl. The largest absolute Gasteiger partial charge is 0.304 e. The summed E-state index contributed by atoms with van der Waals surface area (Å²) in [6.45, 7) is 6.80. The molecule has 1 atom stereocenters. The molecule has 0 amide bonds. The number of fused-ring (bicyclic) bond motifs is 2. The maximum atomic E-state index is 2.71. The minimum atomic E-state index is 0. The van der Waals surface area contributed by atoms with Crippen LogP contribution in [0.15, 0.2) is 64.4 Å². The molecule has 0 bridgehead atoms. The van der Waals surface area contributed by atoms with Crippen molar-refractivity contribution in [2.24, 2.45) is 0 Å². The van der Waals surface area contributed by atoms with E-state index >= 15 is 0 Å². The third-order valence-electron chi connectivity index (χ3n) is 5.98. The van der Waals surface area contributed by atoms with Crippen LogP contribution in [-0.2, 0) is 6.42 Å². The average molecular weight is 443 g/mol. The number of rotatable bonds is 2.